The van der Waals surface area contributed by atoms with Gasteiger partial charge in [0.15, 0.2) is 5.82 Å². The Morgan fingerprint density at radius 1 is 1.24 bits per heavy atom. The van der Waals surface area contributed by atoms with E-state index < -0.39 is 0 Å². The normalized spacial score (nSPS) is 13.9. The minimum Gasteiger partial charge on any atom is -0.384 e. The first kappa shape index (κ1) is 15.8. The lowest BCUT2D eigenvalue weighted by Gasteiger charge is -2.30. The lowest BCUT2D eigenvalue weighted by molar-refractivity contribution is 0.719. The van der Waals surface area contributed by atoms with Crippen molar-refractivity contribution in [3.05, 3.63) is 65.4 Å². The van der Waals surface area contributed by atoms with Crippen LogP contribution in [0.1, 0.15) is 22.4 Å². The molecule has 1 aliphatic rings. The van der Waals surface area contributed by atoms with Crippen molar-refractivity contribution in [2.45, 2.75) is 33.4 Å². The number of anilines is 2. The van der Waals surface area contributed by atoms with Crippen molar-refractivity contribution in [2.75, 3.05) is 17.2 Å². The van der Waals surface area contributed by atoms with Crippen LogP contribution in [0.4, 0.5) is 11.6 Å². The zero-order valence-corrected chi connectivity index (χ0v) is 14.9. The number of aryl methyl sites for hydroxylation is 1. The van der Waals surface area contributed by atoms with E-state index in [1.807, 2.05) is 12.1 Å². The minimum absolute atomic E-state index is 0.584. The molecule has 4 heteroatoms. The van der Waals surface area contributed by atoms with E-state index in [1.54, 1.807) is 0 Å². The molecule has 0 radical (unpaired) electrons. The molecule has 25 heavy (non-hydrogen) atoms. The Labute approximate surface area is 148 Å². The van der Waals surface area contributed by atoms with Crippen molar-refractivity contribution < 1.29 is 0 Å². The van der Waals surface area contributed by atoms with Crippen molar-refractivity contribution in [3.63, 3.8) is 0 Å². The molecule has 2 aromatic heterocycles. The molecule has 0 atom stereocenters. The average molecular weight is 332 g/mol. The third-order valence-electron chi connectivity index (χ3n) is 5.36. The standard InChI is InChI=1S/C21H24N4/c1-4-10-25-15(3)14(2)18-12-19(22)23-21(20(18)25)24-11-9-16-7-5-6-8-17(16)13-24/h4-8,12H,1,9-11,13H2,2-3H3,(H2,22,23). The summed E-state index contributed by atoms with van der Waals surface area (Å²) < 4.78 is 2.31. The van der Waals surface area contributed by atoms with Crippen LogP contribution in [0.2, 0.25) is 0 Å². The van der Waals surface area contributed by atoms with E-state index in [0.29, 0.717) is 5.82 Å². The number of benzene rings is 1. The number of aromatic nitrogens is 2. The third kappa shape index (κ3) is 2.49. The molecular weight excluding hydrogens is 308 g/mol. The van der Waals surface area contributed by atoms with Gasteiger partial charge in [0.1, 0.15) is 5.82 Å². The summed E-state index contributed by atoms with van der Waals surface area (Å²) in [5, 5.41) is 1.20. The number of nitrogens with two attached hydrogens (primary N) is 1. The van der Waals surface area contributed by atoms with E-state index in [4.69, 9.17) is 10.7 Å². The summed E-state index contributed by atoms with van der Waals surface area (Å²) in [4.78, 5) is 7.10. The predicted octanol–water partition coefficient (Wildman–Crippen LogP) is 3.98. The Hall–Kier alpha value is -2.75. The summed E-state index contributed by atoms with van der Waals surface area (Å²) in [6.45, 7) is 10.8. The molecule has 0 saturated heterocycles. The highest BCUT2D eigenvalue weighted by Crippen LogP contribution is 2.35. The summed E-state index contributed by atoms with van der Waals surface area (Å²) >= 11 is 0. The second kappa shape index (κ2) is 5.96. The third-order valence-corrected chi connectivity index (χ3v) is 5.36. The van der Waals surface area contributed by atoms with Crippen LogP contribution in [0, 0.1) is 13.8 Å². The summed E-state index contributed by atoms with van der Waals surface area (Å²) in [5.41, 5.74) is 12.7. The number of pyridine rings is 1. The molecule has 4 rings (SSSR count). The van der Waals surface area contributed by atoms with E-state index in [1.165, 1.54) is 33.3 Å². The fraction of sp³-hybridized carbons (Fsp3) is 0.286. The molecule has 3 aromatic rings. The number of nitrogens with zero attached hydrogens (tertiary/aromatic N) is 3. The zero-order chi connectivity index (χ0) is 17.6. The molecule has 128 valence electrons. The molecule has 0 aliphatic carbocycles. The molecule has 0 amide bonds. The molecule has 1 aromatic carbocycles. The first-order valence-corrected chi connectivity index (χ1v) is 8.78. The number of hydrogen-bond donors (Lipinski definition) is 1. The first-order valence-electron chi connectivity index (χ1n) is 8.78. The molecule has 1 aliphatic heterocycles. The first-order chi connectivity index (χ1) is 12.1. The van der Waals surface area contributed by atoms with Gasteiger partial charge in [0, 0.05) is 30.7 Å². The maximum absolute atomic E-state index is 6.16. The van der Waals surface area contributed by atoms with E-state index in [-0.39, 0.29) is 0 Å². The maximum Gasteiger partial charge on any atom is 0.155 e. The number of allylic oxidation sites excluding steroid dienone is 1. The largest absolute Gasteiger partial charge is 0.384 e. The molecule has 0 fully saturated rings. The number of fused-ring (bicyclic) bond motifs is 2. The maximum atomic E-state index is 6.16. The van der Waals surface area contributed by atoms with E-state index >= 15 is 0 Å². The van der Waals surface area contributed by atoms with Gasteiger partial charge in [-0.05, 0) is 43.0 Å². The molecular formula is C21H24N4. The van der Waals surface area contributed by atoms with Crippen LogP contribution in [-0.4, -0.2) is 16.1 Å². The van der Waals surface area contributed by atoms with Crippen LogP contribution in [-0.2, 0) is 19.5 Å². The van der Waals surface area contributed by atoms with Crippen LogP contribution in [0.25, 0.3) is 10.9 Å². The molecule has 3 heterocycles. The molecule has 4 nitrogen and oxygen atoms in total. The fourth-order valence-electron chi connectivity index (χ4n) is 3.92. The van der Waals surface area contributed by atoms with Gasteiger partial charge < -0.3 is 15.2 Å². The number of hydrogen-bond acceptors (Lipinski definition) is 3. The van der Waals surface area contributed by atoms with Crippen molar-refractivity contribution >= 4 is 22.5 Å². The van der Waals surface area contributed by atoms with Gasteiger partial charge >= 0.3 is 0 Å². The van der Waals surface area contributed by atoms with Crippen molar-refractivity contribution in [1.82, 2.24) is 9.55 Å². The van der Waals surface area contributed by atoms with Gasteiger partial charge in [0.05, 0.1) is 5.52 Å². The highest BCUT2D eigenvalue weighted by Gasteiger charge is 2.23. The Morgan fingerprint density at radius 3 is 2.76 bits per heavy atom. The fourth-order valence-corrected chi connectivity index (χ4v) is 3.92. The summed E-state index contributed by atoms with van der Waals surface area (Å²) in [6.07, 6.45) is 2.98. The number of nitrogen functional groups attached to an aromatic ring is 1. The Bertz CT molecular complexity index is 968. The van der Waals surface area contributed by atoms with Crippen LogP contribution in [0.15, 0.2) is 43.0 Å². The lowest BCUT2D eigenvalue weighted by Crippen LogP contribution is -2.31. The van der Waals surface area contributed by atoms with Crippen LogP contribution in [0.3, 0.4) is 0 Å². The van der Waals surface area contributed by atoms with Crippen molar-refractivity contribution in [1.29, 1.82) is 0 Å². The highest BCUT2D eigenvalue weighted by atomic mass is 15.2. The Kier molecular flexibility index (Phi) is 3.75. The van der Waals surface area contributed by atoms with Crippen molar-refractivity contribution in [2.24, 2.45) is 0 Å². The second-order valence-electron chi connectivity index (χ2n) is 6.82. The zero-order valence-electron chi connectivity index (χ0n) is 14.9. The summed E-state index contributed by atoms with van der Waals surface area (Å²) in [6, 6.07) is 10.7. The van der Waals surface area contributed by atoms with Crippen LogP contribution >= 0.6 is 0 Å². The summed E-state index contributed by atoms with van der Waals surface area (Å²) in [7, 11) is 0. The van der Waals surface area contributed by atoms with E-state index in [2.05, 4.69) is 54.2 Å². The average Bonchev–Trinajstić information content (AvgIpc) is 2.86. The Balaban J connectivity index is 1.90. The molecule has 0 unspecified atom stereocenters. The van der Waals surface area contributed by atoms with Gasteiger partial charge in [-0.2, -0.15) is 0 Å². The van der Waals surface area contributed by atoms with Gasteiger partial charge in [0.25, 0.3) is 0 Å². The van der Waals surface area contributed by atoms with Crippen LogP contribution in [0.5, 0.6) is 0 Å². The quantitative estimate of drug-likeness (QED) is 0.738. The lowest BCUT2D eigenvalue weighted by atomic mass is 10.00. The molecule has 2 N–H and O–H groups in total. The smallest absolute Gasteiger partial charge is 0.155 e. The Morgan fingerprint density at radius 2 is 2.00 bits per heavy atom. The summed E-state index contributed by atoms with van der Waals surface area (Å²) in [5.74, 6) is 1.57. The topological polar surface area (TPSA) is 47.1 Å². The predicted molar refractivity (Wildman–Crippen MR) is 105 cm³/mol. The van der Waals surface area contributed by atoms with E-state index in [9.17, 15) is 0 Å². The highest BCUT2D eigenvalue weighted by molar-refractivity contribution is 5.95. The van der Waals surface area contributed by atoms with E-state index in [0.717, 1.165) is 31.9 Å². The SMILES string of the molecule is C=CCn1c(C)c(C)c2cc(N)nc(N3CCc4ccccc4C3)c21. The van der Waals surface area contributed by atoms with Gasteiger partial charge in [-0.25, -0.2) is 4.98 Å². The molecule has 0 saturated carbocycles. The monoisotopic (exact) mass is 332 g/mol. The number of rotatable bonds is 3. The van der Waals surface area contributed by atoms with Crippen LogP contribution < -0.4 is 10.6 Å². The van der Waals surface area contributed by atoms with Gasteiger partial charge in [-0.3, -0.25) is 0 Å². The van der Waals surface area contributed by atoms with Gasteiger partial charge in [-0.15, -0.1) is 6.58 Å². The van der Waals surface area contributed by atoms with Gasteiger partial charge in [0.2, 0.25) is 0 Å². The molecule has 0 bridgehead atoms. The minimum atomic E-state index is 0.584. The van der Waals surface area contributed by atoms with Gasteiger partial charge in [-0.1, -0.05) is 30.3 Å². The second-order valence-corrected chi connectivity index (χ2v) is 6.82. The molecule has 0 spiro atoms. The van der Waals surface area contributed by atoms with Crippen molar-refractivity contribution in [3.8, 4) is 0 Å².